The van der Waals surface area contributed by atoms with Crippen molar-refractivity contribution in [3.05, 3.63) is 81.5 Å². The highest BCUT2D eigenvalue weighted by molar-refractivity contribution is 7.18. The van der Waals surface area contributed by atoms with Crippen molar-refractivity contribution < 1.29 is 14.3 Å². The van der Waals surface area contributed by atoms with Gasteiger partial charge in [0.2, 0.25) is 0 Å². The smallest absolute Gasteiger partial charge is 0.195 e. The Morgan fingerprint density at radius 2 is 1.84 bits per heavy atom. The number of carbonyl (C=O) groups excluding carboxylic acids is 1. The van der Waals surface area contributed by atoms with E-state index in [1.807, 2.05) is 48.5 Å². The van der Waals surface area contributed by atoms with Gasteiger partial charge in [0, 0.05) is 0 Å². The number of benzene rings is 2. The molecule has 0 aliphatic rings. The van der Waals surface area contributed by atoms with Crippen molar-refractivity contribution in [2.75, 3.05) is 7.11 Å². The lowest BCUT2D eigenvalue weighted by Crippen LogP contribution is -1.92. The van der Waals surface area contributed by atoms with Crippen LogP contribution in [0.25, 0.3) is 6.08 Å². The van der Waals surface area contributed by atoms with Crippen LogP contribution in [0.5, 0.6) is 17.2 Å². The third-order valence-corrected chi connectivity index (χ3v) is 4.65. The Bertz CT molecular complexity index is 900. The predicted molar refractivity (Wildman–Crippen MR) is 102 cm³/mol. The van der Waals surface area contributed by atoms with E-state index >= 15 is 0 Å². The van der Waals surface area contributed by atoms with Crippen LogP contribution < -0.4 is 9.47 Å². The molecule has 126 valence electrons. The summed E-state index contributed by atoms with van der Waals surface area (Å²) in [5.41, 5.74) is 0.841. The number of hydrogen-bond acceptors (Lipinski definition) is 4. The second kappa shape index (κ2) is 8.01. The number of hydrogen-bond donors (Lipinski definition) is 0. The summed E-state index contributed by atoms with van der Waals surface area (Å²) >= 11 is 7.12. The zero-order valence-electron chi connectivity index (χ0n) is 13.4. The minimum Gasteiger partial charge on any atom is -0.493 e. The maximum absolute atomic E-state index is 12.1. The van der Waals surface area contributed by atoms with Crippen molar-refractivity contribution in [3.8, 4) is 17.2 Å². The molecule has 3 rings (SSSR count). The Balaban J connectivity index is 1.77. The topological polar surface area (TPSA) is 35.5 Å². The van der Waals surface area contributed by atoms with Crippen LogP contribution in [-0.4, -0.2) is 12.9 Å². The average Bonchev–Trinajstić information content (AvgIpc) is 3.08. The average molecular weight is 371 g/mol. The lowest BCUT2D eigenvalue weighted by molar-refractivity contribution is 0.105. The Morgan fingerprint density at radius 3 is 2.52 bits per heavy atom. The van der Waals surface area contributed by atoms with Gasteiger partial charge in [0.15, 0.2) is 17.3 Å². The van der Waals surface area contributed by atoms with Crippen molar-refractivity contribution in [1.82, 2.24) is 0 Å². The molecule has 0 spiro atoms. The molecular formula is C20H15ClO3S. The fraction of sp³-hybridized carbons (Fsp3) is 0.0500. The fourth-order valence-electron chi connectivity index (χ4n) is 2.19. The molecule has 0 aliphatic heterocycles. The van der Waals surface area contributed by atoms with Gasteiger partial charge in [-0.15, -0.1) is 11.3 Å². The lowest BCUT2D eigenvalue weighted by Gasteiger charge is -2.10. The van der Waals surface area contributed by atoms with Crippen LogP contribution in [0.15, 0.2) is 66.7 Å². The van der Waals surface area contributed by atoms with Crippen LogP contribution in [-0.2, 0) is 0 Å². The molecule has 3 aromatic rings. The number of rotatable bonds is 6. The van der Waals surface area contributed by atoms with Gasteiger partial charge in [-0.2, -0.15) is 0 Å². The molecule has 0 fully saturated rings. The zero-order valence-corrected chi connectivity index (χ0v) is 15.0. The minimum absolute atomic E-state index is 0.0829. The van der Waals surface area contributed by atoms with Gasteiger partial charge in [0.1, 0.15) is 5.75 Å². The maximum Gasteiger partial charge on any atom is 0.195 e. The van der Waals surface area contributed by atoms with Gasteiger partial charge < -0.3 is 9.47 Å². The van der Waals surface area contributed by atoms with E-state index in [1.165, 1.54) is 17.4 Å². The molecular weight excluding hydrogens is 356 g/mol. The Kier molecular flexibility index (Phi) is 5.53. The molecule has 0 saturated carbocycles. The van der Waals surface area contributed by atoms with Crippen LogP contribution in [0.1, 0.15) is 15.2 Å². The van der Waals surface area contributed by atoms with Crippen molar-refractivity contribution in [2.24, 2.45) is 0 Å². The first-order valence-corrected chi connectivity index (χ1v) is 8.74. The molecule has 1 heterocycles. The SMILES string of the molecule is COc1cc(/C=C/C(=O)c2ccc(Cl)s2)ccc1Oc1ccccc1. The summed E-state index contributed by atoms with van der Waals surface area (Å²) in [7, 11) is 1.58. The lowest BCUT2D eigenvalue weighted by atomic mass is 10.1. The molecule has 3 nitrogen and oxygen atoms in total. The van der Waals surface area contributed by atoms with E-state index < -0.39 is 0 Å². The Hall–Kier alpha value is -2.56. The van der Waals surface area contributed by atoms with Gasteiger partial charge in [-0.25, -0.2) is 0 Å². The molecule has 2 aromatic carbocycles. The summed E-state index contributed by atoms with van der Waals surface area (Å²) in [6, 6.07) is 18.4. The summed E-state index contributed by atoms with van der Waals surface area (Å²) in [6.45, 7) is 0. The van der Waals surface area contributed by atoms with Gasteiger partial charge in [0.05, 0.1) is 16.3 Å². The van der Waals surface area contributed by atoms with Gasteiger partial charge in [-0.3, -0.25) is 4.79 Å². The number of halogens is 1. The van der Waals surface area contributed by atoms with E-state index in [2.05, 4.69) is 0 Å². The second-order valence-electron chi connectivity index (χ2n) is 5.13. The number of allylic oxidation sites excluding steroid dienone is 1. The molecule has 0 aliphatic carbocycles. The van der Waals surface area contributed by atoms with E-state index in [4.69, 9.17) is 21.1 Å². The van der Waals surface area contributed by atoms with Crippen molar-refractivity contribution in [3.63, 3.8) is 0 Å². The Morgan fingerprint density at radius 1 is 1.04 bits per heavy atom. The highest BCUT2D eigenvalue weighted by Crippen LogP contribution is 2.32. The van der Waals surface area contributed by atoms with Crippen LogP contribution in [0, 0.1) is 0 Å². The van der Waals surface area contributed by atoms with E-state index in [-0.39, 0.29) is 5.78 Å². The molecule has 0 bridgehead atoms. The molecule has 0 atom stereocenters. The molecule has 1 aromatic heterocycles. The van der Waals surface area contributed by atoms with Crippen molar-refractivity contribution in [1.29, 1.82) is 0 Å². The number of methoxy groups -OCH3 is 1. The summed E-state index contributed by atoms with van der Waals surface area (Å²) < 4.78 is 11.8. The van der Waals surface area contributed by atoms with E-state index in [9.17, 15) is 4.79 Å². The highest BCUT2D eigenvalue weighted by atomic mass is 35.5. The summed E-state index contributed by atoms with van der Waals surface area (Å²) in [4.78, 5) is 12.7. The van der Waals surface area contributed by atoms with Crippen molar-refractivity contribution >= 4 is 34.8 Å². The van der Waals surface area contributed by atoms with Crippen molar-refractivity contribution in [2.45, 2.75) is 0 Å². The largest absolute Gasteiger partial charge is 0.493 e. The summed E-state index contributed by atoms with van der Waals surface area (Å²) in [6.07, 6.45) is 3.26. The Labute approximate surface area is 155 Å². The standard InChI is InChI=1S/C20H15ClO3S/c1-23-18-13-14(7-9-16(22)19-11-12-20(21)25-19)8-10-17(18)24-15-5-3-2-4-6-15/h2-13H,1H3/b9-7+. The molecule has 0 unspecified atom stereocenters. The van der Waals surface area contributed by atoms with Gasteiger partial charge in [-0.1, -0.05) is 41.9 Å². The zero-order chi connectivity index (χ0) is 17.6. The summed E-state index contributed by atoms with van der Waals surface area (Å²) in [5.74, 6) is 1.86. The third-order valence-electron chi connectivity index (χ3n) is 3.40. The van der Waals surface area contributed by atoms with E-state index in [1.54, 1.807) is 25.3 Å². The third kappa shape index (κ3) is 4.50. The molecule has 0 saturated heterocycles. The number of para-hydroxylation sites is 1. The molecule has 5 heteroatoms. The van der Waals surface area contributed by atoms with Gasteiger partial charge >= 0.3 is 0 Å². The summed E-state index contributed by atoms with van der Waals surface area (Å²) in [5, 5.41) is 0. The fourth-order valence-corrected chi connectivity index (χ4v) is 3.15. The van der Waals surface area contributed by atoms with E-state index in [0.717, 1.165) is 11.3 Å². The molecule has 0 radical (unpaired) electrons. The first-order chi connectivity index (χ1) is 12.2. The molecule has 0 amide bonds. The highest BCUT2D eigenvalue weighted by Gasteiger charge is 2.08. The number of thiophene rings is 1. The number of ketones is 1. The maximum atomic E-state index is 12.1. The normalized spacial score (nSPS) is 10.8. The van der Waals surface area contributed by atoms with Gasteiger partial charge in [-0.05, 0) is 48.0 Å². The van der Waals surface area contributed by atoms with E-state index in [0.29, 0.717) is 20.7 Å². The first kappa shape index (κ1) is 17.3. The predicted octanol–water partition coefficient (Wildman–Crippen LogP) is 6.10. The molecule has 0 N–H and O–H groups in total. The minimum atomic E-state index is -0.0829. The number of carbonyl (C=O) groups is 1. The van der Waals surface area contributed by atoms with Crippen LogP contribution in [0.4, 0.5) is 0 Å². The molecule has 25 heavy (non-hydrogen) atoms. The quantitative estimate of drug-likeness (QED) is 0.388. The first-order valence-electron chi connectivity index (χ1n) is 7.54. The van der Waals surface area contributed by atoms with Crippen LogP contribution >= 0.6 is 22.9 Å². The monoisotopic (exact) mass is 370 g/mol. The van der Waals surface area contributed by atoms with Crippen LogP contribution in [0.3, 0.4) is 0 Å². The second-order valence-corrected chi connectivity index (χ2v) is 6.84. The number of ether oxygens (including phenoxy) is 2. The van der Waals surface area contributed by atoms with Gasteiger partial charge in [0.25, 0.3) is 0 Å². The van der Waals surface area contributed by atoms with Crippen LogP contribution in [0.2, 0.25) is 4.34 Å².